The molecular formula is C16H23N3O5. The van der Waals surface area contributed by atoms with Crippen LogP contribution in [0.4, 0.5) is 10.6 Å². The first-order chi connectivity index (χ1) is 11.2. The van der Waals surface area contributed by atoms with Crippen LogP contribution in [-0.2, 0) is 4.74 Å². The van der Waals surface area contributed by atoms with Crippen molar-refractivity contribution in [2.75, 3.05) is 12.3 Å². The zero-order chi connectivity index (χ0) is 17.9. The van der Waals surface area contributed by atoms with Crippen molar-refractivity contribution in [1.82, 2.24) is 10.5 Å². The van der Waals surface area contributed by atoms with E-state index in [0.717, 1.165) is 0 Å². The number of nitrogen functional groups attached to an aromatic ring is 1. The summed E-state index contributed by atoms with van der Waals surface area (Å²) in [5, 5.41) is 27.1. The first kappa shape index (κ1) is 18.0. The second kappa shape index (κ2) is 7.06. The third-order valence-electron chi connectivity index (χ3n) is 3.34. The highest BCUT2D eigenvalue weighted by Gasteiger charge is 2.21. The van der Waals surface area contributed by atoms with Gasteiger partial charge in [-0.15, -0.1) is 0 Å². The number of ether oxygens (including phenoxy) is 1. The minimum absolute atomic E-state index is 0.164. The predicted molar refractivity (Wildman–Crippen MR) is 88.2 cm³/mol. The maximum atomic E-state index is 11.5. The molecule has 0 aliphatic heterocycles. The predicted octanol–water partition coefficient (Wildman–Crippen LogP) is 1.72. The largest absolute Gasteiger partial charge is 0.444 e. The second-order valence-electron chi connectivity index (χ2n) is 6.55. The summed E-state index contributed by atoms with van der Waals surface area (Å²) in [7, 11) is 0. The van der Waals surface area contributed by atoms with E-state index in [9.17, 15) is 15.0 Å². The molecule has 0 fully saturated rings. The number of nitrogens with one attached hydrogen (secondary N) is 1. The van der Waals surface area contributed by atoms with Gasteiger partial charge in [-0.25, -0.2) is 4.79 Å². The SMILES string of the molecule is CC(C)(C)OC(=O)NCCC(O)C(O)c1ccc2onc(N)c2c1. The summed E-state index contributed by atoms with van der Waals surface area (Å²) in [4.78, 5) is 11.5. The number of carbonyl (C=O) groups is 1. The fraction of sp³-hybridized carbons (Fsp3) is 0.500. The Morgan fingerprint density at radius 2 is 2.12 bits per heavy atom. The first-order valence-electron chi connectivity index (χ1n) is 7.65. The number of carbonyl (C=O) groups excluding carboxylic acids is 1. The van der Waals surface area contributed by atoms with Gasteiger partial charge in [0.1, 0.15) is 11.7 Å². The van der Waals surface area contributed by atoms with Crippen molar-refractivity contribution in [2.45, 2.75) is 45.0 Å². The van der Waals surface area contributed by atoms with E-state index in [-0.39, 0.29) is 18.8 Å². The summed E-state index contributed by atoms with van der Waals surface area (Å²) in [6.45, 7) is 5.46. The Balaban J connectivity index is 1.90. The number of aliphatic hydroxyl groups is 2. The molecule has 132 valence electrons. The molecule has 1 aromatic carbocycles. The van der Waals surface area contributed by atoms with Crippen LogP contribution in [0.15, 0.2) is 22.7 Å². The quantitative estimate of drug-likeness (QED) is 0.653. The van der Waals surface area contributed by atoms with Crippen molar-refractivity contribution >= 4 is 22.9 Å². The van der Waals surface area contributed by atoms with Crippen molar-refractivity contribution in [3.8, 4) is 0 Å². The van der Waals surface area contributed by atoms with Crippen LogP contribution in [0.5, 0.6) is 0 Å². The normalized spacial score (nSPS) is 14.4. The molecule has 2 rings (SSSR count). The summed E-state index contributed by atoms with van der Waals surface area (Å²) in [5.41, 5.74) is 6.08. The summed E-state index contributed by atoms with van der Waals surface area (Å²) in [6, 6.07) is 4.88. The van der Waals surface area contributed by atoms with Crippen molar-refractivity contribution < 1.29 is 24.3 Å². The highest BCUT2D eigenvalue weighted by Crippen LogP contribution is 2.26. The maximum Gasteiger partial charge on any atom is 0.407 e. The molecule has 0 saturated heterocycles. The van der Waals surface area contributed by atoms with Crippen molar-refractivity contribution in [2.24, 2.45) is 0 Å². The lowest BCUT2D eigenvalue weighted by Gasteiger charge is -2.21. The van der Waals surface area contributed by atoms with Gasteiger partial charge in [0, 0.05) is 6.54 Å². The molecule has 0 spiro atoms. The van der Waals surface area contributed by atoms with Crippen LogP contribution in [0.2, 0.25) is 0 Å². The van der Waals surface area contributed by atoms with Gasteiger partial charge in [-0.2, -0.15) is 0 Å². The van der Waals surface area contributed by atoms with Gasteiger partial charge in [0.2, 0.25) is 0 Å². The molecule has 1 heterocycles. The molecule has 0 aliphatic carbocycles. The number of hydrogen-bond donors (Lipinski definition) is 4. The lowest BCUT2D eigenvalue weighted by atomic mass is 10.0. The number of aliphatic hydroxyl groups excluding tert-OH is 2. The van der Waals surface area contributed by atoms with Gasteiger partial charge >= 0.3 is 6.09 Å². The van der Waals surface area contributed by atoms with Crippen molar-refractivity contribution in [1.29, 1.82) is 0 Å². The molecule has 2 unspecified atom stereocenters. The number of anilines is 1. The number of benzene rings is 1. The van der Waals surface area contributed by atoms with Crippen molar-refractivity contribution in [3.63, 3.8) is 0 Å². The van der Waals surface area contributed by atoms with E-state index in [4.69, 9.17) is 15.0 Å². The number of aromatic nitrogens is 1. The highest BCUT2D eigenvalue weighted by atomic mass is 16.6. The van der Waals surface area contributed by atoms with Crippen LogP contribution < -0.4 is 11.1 Å². The Bertz CT molecular complexity index is 707. The van der Waals surface area contributed by atoms with Crippen LogP contribution >= 0.6 is 0 Å². The Morgan fingerprint density at radius 1 is 1.42 bits per heavy atom. The van der Waals surface area contributed by atoms with Crippen LogP contribution in [0.25, 0.3) is 11.0 Å². The van der Waals surface area contributed by atoms with Gasteiger partial charge in [0.15, 0.2) is 11.4 Å². The lowest BCUT2D eigenvalue weighted by molar-refractivity contribution is 0.0124. The van der Waals surface area contributed by atoms with Gasteiger partial charge in [-0.1, -0.05) is 11.2 Å². The van der Waals surface area contributed by atoms with E-state index < -0.39 is 23.9 Å². The van der Waals surface area contributed by atoms with E-state index in [1.807, 2.05) is 0 Å². The minimum Gasteiger partial charge on any atom is -0.444 e. The Kier molecular flexibility index (Phi) is 5.30. The van der Waals surface area contributed by atoms with E-state index in [1.54, 1.807) is 39.0 Å². The Labute approximate surface area is 139 Å². The van der Waals surface area contributed by atoms with Gasteiger partial charge in [-0.3, -0.25) is 0 Å². The molecular weight excluding hydrogens is 314 g/mol. The highest BCUT2D eigenvalue weighted by molar-refractivity contribution is 5.87. The van der Waals surface area contributed by atoms with Gasteiger partial charge in [0.25, 0.3) is 0 Å². The monoisotopic (exact) mass is 337 g/mol. The van der Waals surface area contributed by atoms with Crippen LogP contribution in [0.3, 0.4) is 0 Å². The van der Waals surface area contributed by atoms with Crippen LogP contribution in [0, 0.1) is 0 Å². The molecule has 1 amide bonds. The van der Waals surface area contributed by atoms with E-state index >= 15 is 0 Å². The maximum absolute atomic E-state index is 11.5. The van der Waals surface area contributed by atoms with E-state index in [2.05, 4.69) is 10.5 Å². The number of nitrogens with zero attached hydrogens (tertiary/aromatic N) is 1. The zero-order valence-electron chi connectivity index (χ0n) is 13.9. The number of rotatable bonds is 5. The topological polar surface area (TPSA) is 131 Å². The number of nitrogens with two attached hydrogens (primary N) is 1. The molecule has 1 aromatic heterocycles. The standard InChI is InChI=1S/C16H23N3O5/c1-16(2,3)23-15(22)18-7-6-11(20)13(21)9-4-5-12-10(8-9)14(17)19-24-12/h4-5,8,11,13,20-21H,6-7H2,1-3H3,(H2,17,19)(H,18,22). The number of alkyl carbamates (subject to hydrolysis) is 1. The van der Waals surface area contributed by atoms with Gasteiger partial charge in [0.05, 0.1) is 11.5 Å². The third kappa shape index (κ3) is 4.59. The lowest BCUT2D eigenvalue weighted by Crippen LogP contribution is -2.34. The van der Waals surface area contributed by atoms with Crippen LogP contribution in [-0.4, -0.2) is 39.7 Å². The third-order valence-corrected chi connectivity index (χ3v) is 3.34. The molecule has 24 heavy (non-hydrogen) atoms. The molecule has 2 atom stereocenters. The summed E-state index contributed by atoms with van der Waals surface area (Å²) in [6.07, 6.45) is -2.58. The summed E-state index contributed by atoms with van der Waals surface area (Å²) >= 11 is 0. The Hall–Kier alpha value is -2.32. The molecule has 5 N–H and O–H groups in total. The van der Waals surface area contributed by atoms with Crippen molar-refractivity contribution in [3.05, 3.63) is 23.8 Å². The first-order valence-corrected chi connectivity index (χ1v) is 7.65. The van der Waals surface area contributed by atoms with Gasteiger partial charge < -0.3 is 30.5 Å². The summed E-state index contributed by atoms with van der Waals surface area (Å²) in [5.74, 6) is 0.222. The molecule has 8 nitrogen and oxygen atoms in total. The fourth-order valence-corrected chi connectivity index (χ4v) is 2.18. The van der Waals surface area contributed by atoms with Crippen LogP contribution in [0.1, 0.15) is 38.9 Å². The van der Waals surface area contributed by atoms with Gasteiger partial charge in [-0.05, 0) is 44.9 Å². The molecule has 0 saturated carbocycles. The smallest absolute Gasteiger partial charge is 0.407 e. The van der Waals surface area contributed by atoms with E-state index in [1.165, 1.54) is 0 Å². The van der Waals surface area contributed by atoms with E-state index in [0.29, 0.717) is 16.5 Å². The second-order valence-corrected chi connectivity index (χ2v) is 6.55. The Morgan fingerprint density at radius 3 is 2.79 bits per heavy atom. The minimum atomic E-state index is -1.12. The molecule has 0 radical (unpaired) electrons. The molecule has 0 aliphatic rings. The number of amides is 1. The fourth-order valence-electron chi connectivity index (χ4n) is 2.18. The molecule has 2 aromatic rings. The number of fused-ring (bicyclic) bond motifs is 1. The molecule has 8 heteroatoms. The zero-order valence-corrected chi connectivity index (χ0v) is 13.9. The molecule has 0 bridgehead atoms. The average molecular weight is 337 g/mol. The summed E-state index contributed by atoms with van der Waals surface area (Å²) < 4.78 is 10.1. The number of hydrogen-bond acceptors (Lipinski definition) is 7. The average Bonchev–Trinajstić information content (AvgIpc) is 2.85.